The normalized spacial score (nSPS) is 9.93. The van der Waals surface area contributed by atoms with E-state index in [0.29, 0.717) is 24.8 Å². The molecule has 0 bridgehead atoms. The smallest absolute Gasteiger partial charge is 0.126 e. The number of nitrogens with two attached hydrogens (primary N) is 1. The Morgan fingerprint density at radius 2 is 2.07 bits per heavy atom. The standard InChI is InChI=1S/C11H16FNO.ClH/c1-8(2)7-14-11-5-10(12)4-3-9(11)6-13;/h3-5,8H,6-7,13H2,1-2H3;1H. The van der Waals surface area contributed by atoms with Crippen molar-refractivity contribution in [3.8, 4) is 5.75 Å². The second kappa shape index (κ2) is 6.64. The van der Waals surface area contributed by atoms with Crippen LogP contribution in [0.3, 0.4) is 0 Å². The van der Waals surface area contributed by atoms with Crippen molar-refractivity contribution in [2.24, 2.45) is 11.7 Å². The number of benzene rings is 1. The van der Waals surface area contributed by atoms with Gasteiger partial charge in [-0.25, -0.2) is 4.39 Å². The van der Waals surface area contributed by atoms with E-state index in [4.69, 9.17) is 10.5 Å². The predicted octanol–water partition coefficient (Wildman–Crippen LogP) is 2.74. The van der Waals surface area contributed by atoms with Crippen molar-refractivity contribution in [1.82, 2.24) is 0 Å². The van der Waals surface area contributed by atoms with Crippen molar-refractivity contribution in [2.45, 2.75) is 20.4 Å². The lowest BCUT2D eigenvalue weighted by molar-refractivity contribution is 0.267. The maximum absolute atomic E-state index is 12.9. The van der Waals surface area contributed by atoms with Crippen LogP contribution in [0.4, 0.5) is 4.39 Å². The molecule has 15 heavy (non-hydrogen) atoms. The van der Waals surface area contributed by atoms with E-state index in [1.807, 2.05) is 13.8 Å². The molecule has 0 fully saturated rings. The highest BCUT2D eigenvalue weighted by Gasteiger charge is 2.04. The lowest BCUT2D eigenvalue weighted by Gasteiger charge is -2.12. The molecule has 1 rings (SSSR count). The van der Waals surface area contributed by atoms with Crippen LogP contribution in [0.1, 0.15) is 19.4 Å². The number of hydrogen-bond donors (Lipinski definition) is 1. The molecule has 0 amide bonds. The van der Waals surface area contributed by atoms with E-state index in [0.717, 1.165) is 5.56 Å². The van der Waals surface area contributed by atoms with E-state index >= 15 is 0 Å². The number of rotatable bonds is 4. The summed E-state index contributed by atoms with van der Waals surface area (Å²) in [6.07, 6.45) is 0. The first-order valence-electron chi connectivity index (χ1n) is 4.74. The zero-order chi connectivity index (χ0) is 10.6. The third-order valence-electron chi connectivity index (χ3n) is 1.82. The van der Waals surface area contributed by atoms with Gasteiger partial charge in [0.25, 0.3) is 0 Å². The summed E-state index contributed by atoms with van der Waals surface area (Å²) in [5, 5.41) is 0. The summed E-state index contributed by atoms with van der Waals surface area (Å²) in [5.74, 6) is 0.686. The van der Waals surface area contributed by atoms with Gasteiger partial charge in [0, 0.05) is 18.2 Å². The van der Waals surface area contributed by atoms with Crippen molar-refractivity contribution in [3.63, 3.8) is 0 Å². The van der Waals surface area contributed by atoms with Gasteiger partial charge in [-0.15, -0.1) is 12.4 Å². The van der Waals surface area contributed by atoms with Gasteiger partial charge in [0.15, 0.2) is 0 Å². The Kier molecular flexibility index (Phi) is 6.29. The first kappa shape index (κ1) is 14.2. The van der Waals surface area contributed by atoms with Crippen LogP contribution in [0.5, 0.6) is 5.75 Å². The fourth-order valence-electron chi connectivity index (χ4n) is 1.09. The molecule has 0 saturated heterocycles. The van der Waals surface area contributed by atoms with Gasteiger partial charge < -0.3 is 10.5 Å². The quantitative estimate of drug-likeness (QED) is 0.868. The first-order valence-corrected chi connectivity index (χ1v) is 4.74. The number of halogens is 2. The van der Waals surface area contributed by atoms with Crippen molar-refractivity contribution in [2.75, 3.05) is 6.61 Å². The van der Waals surface area contributed by atoms with Crippen LogP contribution in [0.15, 0.2) is 18.2 Å². The fourth-order valence-corrected chi connectivity index (χ4v) is 1.09. The van der Waals surface area contributed by atoms with Crippen LogP contribution in [-0.2, 0) is 6.54 Å². The van der Waals surface area contributed by atoms with Crippen LogP contribution in [-0.4, -0.2) is 6.61 Å². The highest BCUT2D eigenvalue weighted by atomic mass is 35.5. The van der Waals surface area contributed by atoms with Crippen LogP contribution < -0.4 is 10.5 Å². The van der Waals surface area contributed by atoms with Crippen molar-refractivity contribution in [1.29, 1.82) is 0 Å². The fraction of sp³-hybridized carbons (Fsp3) is 0.455. The van der Waals surface area contributed by atoms with Crippen LogP contribution in [0.2, 0.25) is 0 Å². The van der Waals surface area contributed by atoms with Gasteiger partial charge in [-0.2, -0.15) is 0 Å². The molecule has 1 aromatic carbocycles. The summed E-state index contributed by atoms with van der Waals surface area (Å²) < 4.78 is 18.3. The number of hydrogen-bond acceptors (Lipinski definition) is 2. The van der Waals surface area contributed by atoms with E-state index in [1.54, 1.807) is 6.07 Å². The van der Waals surface area contributed by atoms with Crippen LogP contribution in [0.25, 0.3) is 0 Å². The monoisotopic (exact) mass is 233 g/mol. The summed E-state index contributed by atoms with van der Waals surface area (Å²) in [7, 11) is 0. The molecule has 0 heterocycles. The maximum Gasteiger partial charge on any atom is 0.126 e. The van der Waals surface area contributed by atoms with Gasteiger partial charge in [0.2, 0.25) is 0 Å². The van der Waals surface area contributed by atoms with E-state index < -0.39 is 0 Å². The zero-order valence-corrected chi connectivity index (χ0v) is 9.81. The minimum Gasteiger partial charge on any atom is -0.493 e. The van der Waals surface area contributed by atoms with Gasteiger partial charge in [-0.1, -0.05) is 19.9 Å². The molecule has 1 aromatic rings. The molecule has 0 spiro atoms. The Labute approximate surface area is 96.0 Å². The van der Waals surface area contributed by atoms with Crippen molar-refractivity contribution in [3.05, 3.63) is 29.6 Å². The molecule has 0 atom stereocenters. The van der Waals surface area contributed by atoms with Gasteiger partial charge in [0.1, 0.15) is 11.6 Å². The summed E-state index contributed by atoms with van der Waals surface area (Å²) in [4.78, 5) is 0. The molecule has 0 aliphatic heterocycles. The van der Waals surface area contributed by atoms with Crippen molar-refractivity contribution < 1.29 is 9.13 Å². The lowest BCUT2D eigenvalue weighted by Crippen LogP contribution is -2.08. The zero-order valence-electron chi connectivity index (χ0n) is 9.00. The average Bonchev–Trinajstić information content (AvgIpc) is 2.15. The minimum absolute atomic E-state index is 0. The second-order valence-corrected chi connectivity index (χ2v) is 3.66. The molecule has 2 nitrogen and oxygen atoms in total. The van der Waals surface area contributed by atoms with Crippen LogP contribution >= 0.6 is 12.4 Å². The van der Waals surface area contributed by atoms with Gasteiger partial charge in [-0.3, -0.25) is 0 Å². The highest BCUT2D eigenvalue weighted by molar-refractivity contribution is 5.85. The van der Waals surface area contributed by atoms with Crippen LogP contribution in [0, 0.1) is 11.7 Å². The van der Waals surface area contributed by atoms with E-state index in [9.17, 15) is 4.39 Å². The topological polar surface area (TPSA) is 35.2 Å². The summed E-state index contributed by atoms with van der Waals surface area (Å²) >= 11 is 0. The van der Waals surface area contributed by atoms with Gasteiger partial charge >= 0.3 is 0 Å². The van der Waals surface area contributed by atoms with E-state index in [2.05, 4.69) is 0 Å². The van der Waals surface area contributed by atoms with E-state index in [1.165, 1.54) is 12.1 Å². The Morgan fingerprint density at radius 1 is 1.40 bits per heavy atom. The third kappa shape index (κ3) is 4.49. The lowest BCUT2D eigenvalue weighted by atomic mass is 10.2. The number of ether oxygens (including phenoxy) is 1. The Balaban J connectivity index is 0.00000196. The molecular formula is C11H17ClFNO. The summed E-state index contributed by atoms with van der Waals surface area (Å²) in [5.41, 5.74) is 6.34. The Morgan fingerprint density at radius 3 is 2.60 bits per heavy atom. The predicted molar refractivity (Wildman–Crippen MR) is 61.9 cm³/mol. The Bertz CT molecular complexity index is 305. The largest absolute Gasteiger partial charge is 0.493 e. The molecule has 0 saturated carbocycles. The summed E-state index contributed by atoms with van der Waals surface area (Å²) in [6.45, 7) is 5.03. The molecule has 4 heteroatoms. The molecule has 0 radical (unpaired) electrons. The molecule has 0 unspecified atom stereocenters. The minimum atomic E-state index is -0.291. The van der Waals surface area contributed by atoms with Gasteiger partial charge in [-0.05, 0) is 12.0 Å². The highest BCUT2D eigenvalue weighted by Crippen LogP contribution is 2.19. The Hall–Kier alpha value is -0.800. The molecular weight excluding hydrogens is 217 g/mol. The van der Waals surface area contributed by atoms with E-state index in [-0.39, 0.29) is 18.2 Å². The molecule has 2 N–H and O–H groups in total. The SMILES string of the molecule is CC(C)COc1cc(F)ccc1CN.Cl. The molecule has 0 aromatic heterocycles. The maximum atomic E-state index is 12.9. The first-order chi connectivity index (χ1) is 6.63. The van der Waals surface area contributed by atoms with Gasteiger partial charge in [0.05, 0.1) is 6.61 Å². The third-order valence-corrected chi connectivity index (χ3v) is 1.82. The molecule has 0 aliphatic rings. The molecule has 86 valence electrons. The summed E-state index contributed by atoms with van der Waals surface area (Å²) in [6, 6.07) is 4.43. The second-order valence-electron chi connectivity index (χ2n) is 3.66. The molecule has 0 aliphatic carbocycles. The average molecular weight is 234 g/mol. The van der Waals surface area contributed by atoms with Crippen molar-refractivity contribution >= 4 is 12.4 Å².